The van der Waals surface area contributed by atoms with Crippen molar-refractivity contribution in [2.45, 2.75) is 13.0 Å². The van der Waals surface area contributed by atoms with E-state index in [1.807, 2.05) is 42.5 Å². The lowest BCUT2D eigenvalue weighted by atomic mass is 10.0. The summed E-state index contributed by atoms with van der Waals surface area (Å²) in [6, 6.07) is 17.4. The molecule has 0 heterocycles. The van der Waals surface area contributed by atoms with Crippen LogP contribution in [-0.4, -0.2) is 29.6 Å². The molecule has 0 aromatic heterocycles. The fourth-order valence-electron chi connectivity index (χ4n) is 3.09. The van der Waals surface area contributed by atoms with Crippen molar-refractivity contribution in [2.24, 2.45) is 0 Å². The van der Waals surface area contributed by atoms with E-state index in [1.54, 1.807) is 12.1 Å². The van der Waals surface area contributed by atoms with Crippen LogP contribution in [0.3, 0.4) is 0 Å². The Bertz CT molecular complexity index is 1100. The minimum atomic E-state index is -1.05. The van der Waals surface area contributed by atoms with Gasteiger partial charge in [0.1, 0.15) is 23.9 Å². The summed E-state index contributed by atoms with van der Waals surface area (Å²) in [6.07, 6.45) is 4.75. The Kier molecular flexibility index (Phi) is 7.06. The topological polar surface area (TPSA) is 93.1 Å². The molecule has 6 nitrogen and oxygen atoms in total. The first-order valence-electron chi connectivity index (χ1n) is 9.58. The molecular formula is C25H22O6. The number of carbonyl (C=O) groups is 2. The Labute approximate surface area is 180 Å². The second kappa shape index (κ2) is 10.1. The lowest BCUT2D eigenvalue weighted by Gasteiger charge is -2.15. The number of hydrogen-bond acceptors (Lipinski definition) is 5. The minimum absolute atomic E-state index is 0.0956. The number of ether oxygens (including phenoxy) is 2. The number of carboxylic acid groups (broad SMARTS) is 1. The normalized spacial score (nSPS) is 10.7. The number of hydrogen-bond donors (Lipinski definition) is 2. The summed E-state index contributed by atoms with van der Waals surface area (Å²) in [5, 5.41) is 19.7. The third-order valence-corrected chi connectivity index (χ3v) is 4.75. The number of phenols is 1. The maximum atomic E-state index is 11.3. The third-order valence-electron chi connectivity index (χ3n) is 4.75. The van der Waals surface area contributed by atoms with Crippen molar-refractivity contribution in [3.8, 4) is 17.2 Å². The zero-order chi connectivity index (χ0) is 22.2. The molecule has 0 unspecified atom stereocenters. The third kappa shape index (κ3) is 5.30. The molecule has 6 heteroatoms. The van der Waals surface area contributed by atoms with Crippen LogP contribution in [0, 0.1) is 0 Å². The summed E-state index contributed by atoms with van der Waals surface area (Å²) in [5.74, 6) is -0.365. The molecule has 0 radical (unpaired) electrons. The van der Waals surface area contributed by atoms with Gasteiger partial charge in [0.2, 0.25) is 0 Å². The molecule has 158 valence electrons. The highest BCUT2D eigenvalue weighted by molar-refractivity contribution is 5.88. The lowest BCUT2D eigenvalue weighted by Crippen LogP contribution is -2.04. The van der Waals surface area contributed by atoms with E-state index < -0.39 is 5.97 Å². The van der Waals surface area contributed by atoms with Crippen LogP contribution < -0.4 is 9.47 Å². The standard InChI is InChI=1S/C25H22O6/c1-30-23-14-18(25(28)29)10-11-20(23)16-31-22-13-12-19(15-26)24(27)21(22)9-5-8-17-6-3-2-4-7-17/h2-8,10-15,27H,9,16H2,1H3,(H,28,29)/b8-5+. The molecular weight excluding hydrogens is 396 g/mol. The first-order chi connectivity index (χ1) is 15.0. The van der Waals surface area contributed by atoms with Crippen LogP contribution in [0.5, 0.6) is 17.2 Å². The number of carbonyl (C=O) groups excluding carboxylic acids is 1. The molecule has 31 heavy (non-hydrogen) atoms. The van der Waals surface area contributed by atoms with Crippen molar-refractivity contribution >= 4 is 18.3 Å². The van der Waals surface area contributed by atoms with Gasteiger partial charge in [-0.25, -0.2) is 4.79 Å². The van der Waals surface area contributed by atoms with E-state index in [9.17, 15) is 14.7 Å². The molecule has 0 bridgehead atoms. The van der Waals surface area contributed by atoms with Crippen LogP contribution in [-0.2, 0) is 13.0 Å². The first-order valence-corrected chi connectivity index (χ1v) is 9.58. The van der Waals surface area contributed by atoms with Crippen LogP contribution in [0.15, 0.2) is 66.7 Å². The fraction of sp³-hybridized carbons (Fsp3) is 0.120. The summed E-state index contributed by atoms with van der Waals surface area (Å²) in [4.78, 5) is 22.4. The highest BCUT2D eigenvalue weighted by atomic mass is 16.5. The molecule has 3 aromatic rings. The SMILES string of the molecule is COc1cc(C(=O)O)ccc1COc1ccc(C=O)c(O)c1C/C=C/c1ccccc1. The molecule has 0 saturated carbocycles. The maximum absolute atomic E-state index is 11.3. The van der Waals surface area contributed by atoms with Gasteiger partial charge < -0.3 is 19.7 Å². The van der Waals surface area contributed by atoms with E-state index in [1.165, 1.54) is 25.3 Å². The van der Waals surface area contributed by atoms with Gasteiger partial charge in [-0.2, -0.15) is 0 Å². The van der Waals surface area contributed by atoms with Gasteiger partial charge in [0.15, 0.2) is 6.29 Å². The van der Waals surface area contributed by atoms with Crippen molar-refractivity contribution in [3.05, 3.63) is 94.6 Å². The van der Waals surface area contributed by atoms with Gasteiger partial charge in [0.05, 0.1) is 18.2 Å². The Balaban J connectivity index is 1.84. The van der Waals surface area contributed by atoms with Crippen molar-refractivity contribution in [1.82, 2.24) is 0 Å². The quantitative estimate of drug-likeness (QED) is 0.487. The predicted molar refractivity (Wildman–Crippen MR) is 117 cm³/mol. The Morgan fingerprint density at radius 3 is 2.48 bits per heavy atom. The highest BCUT2D eigenvalue weighted by Gasteiger charge is 2.15. The highest BCUT2D eigenvalue weighted by Crippen LogP contribution is 2.33. The number of aldehydes is 1. The number of phenolic OH excluding ortho intramolecular Hbond substituents is 1. The zero-order valence-electron chi connectivity index (χ0n) is 16.9. The van der Waals surface area contributed by atoms with Crippen molar-refractivity contribution in [2.75, 3.05) is 7.11 Å². The fourth-order valence-corrected chi connectivity index (χ4v) is 3.09. The number of aromatic hydroxyl groups is 1. The largest absolute Gasteiger partial charge is 0.507 e. The van der Waals surface area contributed by atoms with Gasteiger partial charge >= 0.3 is 5.97 Å². The summed E-state index contributed by atoms with van der Waals surface area (Å²) < 4.78 is 11.2. The Morgan fingerprint density at radius 2 is 1.81 bits per heavy atom. The summed E-state index contributed by atoms with van der Waals surface area (Å²) in [6.45, 7) is 0.0956. The Hall–Kier alpha value is -4.06. The monoisotopic (exact) mass is 418 g/mol. The average molecular weight is 418 g/mol. The first kappa shape index (κ1) is 21.6. The molecule has 0 aliphatic carbocycles. The van der Waals surface area contributed by atoms with Crippen molar-refractivity contribution in [3.63, 3.8) is 0 Å². The van der Waals surface area contributed by atoms with E-state index in [2.05, 4.69) is 0 Å². The number of benzene rings is 3. The second-order valence-corrected chi connectivity index (χ2v) is 6.74. The van der Waals surface area contributed by atoms with E-state index in [-0.39, 0.29) is 23.5 Å². The second-order valence-electron chi connectivity index (χ2n) is 6.74. The number of aromatic carboxylic acids is 1. The molecule has 2 N–H and O–H groups in total. The molecule has 0 saturated heterocycles. The summed E-state index contributed by atoms with van der Waals surface area (Å²) >= 11 is 0. The van der Waals surface area contributed by atoms with Gasteiger partial charge in [0, 0.05) is 11.1 Å². The van der Waals surface area contributed by atoms with Crippen LogP contribution >= 0.6 is 0 Å². The van der Waals surface area contributed by atoms with Crippen LogP contribution in [0.2, 0.25) is 0 Å². The molecule has 3 aromatic carbocycles. The van der Waals surface area contributed by atoms with Gasteiger partial charge in [-0.05, 0) is 36.2 Å². The summed E-state index contributed by atoms with van der Waals surface area (Å²) in [5.41, 5.74) is 2.44. The molecule has 0 aliphatic rings. The molecule has 3 rings (SSSR count). The molecule has 0 aliphatic heterocycles. The van der Waals surface area contributed by atoms with Crippen molar-refractivity contribution < 1.29 is 29.3 Å². The smallest absolute Gasteiger partial charge is 0.335 e. The predicted octanol–water partition coefficient (Wildman–Crippen LogP) is 4.75. The number of carboxylic acids is 1. The van der Waals surface area contributed by atoms with Crippen LogP contribution in [0.25, 0.3) is 6.08 Å². The Morgan fingerprint density at radius 1 is 1.03 bits per heavy atom. The molecule has 0 atom stereocenters. The van der Waals surface area contributed by atoms with Gasteiger partial charge in [-0.15, -0.1) is 0 Å². The zero-order valence-corrected chi connectivity index (χ0v) is 16.9. The number of methoxy groups -OCH3 is 1. The number of rotatable bonds is 9. The van der Waals surface area contributed by atoms with Gasteiger partial charge in [0.25, 0.3) is 0 Å². The number of allylic oxidation sites excluding steroid dienone is 1. The van der Waals surface area contributed by atoms with Crippen LogP contribution in [0.1, 0.15) is 37.4 Å². The van der Waals surface area contributed by atoms with E-state index in [0.717, 1.165) is 5.56 Å². The van der Waals surface area contributed by atoms with E-state index in [0.29, 0.717) is 35.3 Å². The molecule has 0 amide bonds. The average Bonchev–Trinajstić information content (AvgIpc) is 2.79. The molecule has 0 spiro atoms. The van der Waals surface area contributed by atoms with Crippen molar-refractivity contribution in [1.29, 1.82) is 0 Å². The van der Waals surface area contributed by atoms with E-state index >= 15 is 0 Å². The van der Waals surface area contributed by atoms with Crippen LogP contribution in [0.4, 0.5) is 0 Å². The lowest BCUT2D eigenvalue weighted by molar-refractivity contribution is 0.0696. The maximum Gasteiger partial charge on any atom is 0.335 e. The minimum Gasteiger partial charge on any atom is -0.507 e. The molecule has 0 fully saturated rings. The van der Waals surface area contributed by atoms with Gasteiger partial charge in [-0.1, -0.05) is 48.6 Å². The summed E-state index contributed by atoms with van der Waals surface area (Å²) in [7, 11) is 1.45. The van der Waals surface area contributed by atoms with Gasteiger partial charge in [-0.3, -0.25) is 4.79 Å². The van der Waals surface area contributed by atoms with E-state index in [4.69, 9.17) is 14.6 Å².